The Morgan fingerprint density at radius 1 is 1.29 bits per heavy atom. The first-order valence-corrected chi connectivity index (χ1v) is 3.81. The average molecular weight is 342 g/mol. The summed E-state index contributed by atoms with van der Waals surface area (Å²) >= 11 is 0. The molecule has 0 aliphatic carbocycles. The third-order valence-electron chi connectivity index (χ3n) is 0.384. The van der Waals surface area contributed by atoms with Crippen molar-refractivity contribution in [1.82, 2.24) is 0 Å². The molecule has 0 fully saturated rings. The Bertz CT molecular complexity index is 48.9. The second-order valence-electron chi connectivity index (χ2n) is 0.753. The quantitative estimate of drug-likeness (QED) is 0.479. The van der Waals surface area contributed by atoms with Crippen molar-refractivity contribution < 1.29 is 0 Å². The topological polar surface area (TPSA) is 0 Å². The molecular weight excluding hydrogens is 338 g/mol. The standard InChI is InChI=1S/C3H4S2.2Sn/c1-2-4-5-3-1;;/h1-2H,3H2;;. The normalized spacial score (nSPS) is 14.9. The maximum atomic E-state index is 2.16. The van der Waals surface area contributed by atoms with E-state index < -0.39 is 0 Å². The van der Waals surface area contributed by atoms with Gasteiger partial charge in [0.1, 0.15) is 0 Å². The van der Waals surface area contributed by atoms with E-state index in [0.29, 0.717) is 0 Å². The summed E-state index contributed by atoms with van der Waals surface area (Å²) < 4.78 is 0. The van der Waals surface area contributed by atoms with E-state index in [1.807, 2.05) is 21.6 Å². The van der Waals surface area contributed by atoms with Gasteiger partial charge in [0.2, 0.25) is 0 Å². The summed E-state index contributed by atoms with van der Waals surface area (Å²) in [6, 6.07) is 0. The molecule has 0 bridgehead atoms. The van der Waals surface area contributed by atoms with E-state index in [1.54, 1.807) is 0 Å². The first kappa shape index (κ1) is 11.8. The van der Waals surface area contributed by atoms with Crippen LogP contribution in [-0.2, 0) is 0 Å². The summed E-state index contributed by atoms with van der Waals surface area (Å²) in [5, 5.41) is 2.12. The van der Waals surface area contributed by atoms with Crippen molar-refractivity contribution in [2.75, 3.05) is 5.75 Å². The Morgan fingerprint density at radius 2 is 2.00 bits per heavy atom. The van der Waals surface area contributed by atoms with Crippen LogP contribution in [0.2, 0.25) is 0 Å². The molecule has 0 nitrogen and oxygen atoms in total. The predicted octanol–water partition coefficient (Wildman–Crippen LogP) is 1.13. The molecule has 0 amide bonds. The molecule has 0 N–H and O–H groups in total. The minimum atomic E-state index is 0. The van der Waals surface area contributed by atoms with Crippen molar-refractivity contribution in [2.45, 2.75) is 0 Å². The van der Waals surface area contributed by atoms with Gasteiger partial charge in [-0.2, -0.15) is 0 Å². The summed E-state index contributed by atoms with van der Waals surface area (Å²) in [6.45, 7) is 0. The average Bonchev–Trinajstić information content (AvgIpc) is 1.76. The summed E-state index contributed by atoms with van der Waals surface area (Å²) in [5.41, 5.74) is 0. The van der Waals surface area contributed by atoms with Crippen LogP contribution in [0.5, 0.6) is 0 Å². The van der Waals surface area contributed by atoms with Crippen LogP contribution in [0.15, 0.2) is 11.5 Å². The van der Waals surface area contributed by atoms with Crippen LogP contribution in [0.1, 0.15) is 0 Å². The fourth-order valence-electron chi connectivity index (χ4n) is 0.196. The molecule has 36 valence electrons. The molecule has 0 unspecified atom stereocenters. The zero-order chi connectivity index (χ0) is 3.54. The Labute approximate surface area is 85.6 Å². The van der Waals surface area contributed by atoms with Gasteiger partial charge in [-0.05, 0) is 5.41 Å². The van der Waals surface area contributed by atoms with Crippen molar-refractivity contribution in [3.63, 3.8) is 0 Å². The van der Waals surface area contributed by atoms with Crippen LogP contribution in [0.25, 0.3) is 0 Å². The first-order valence-electron chi connectivity index (χ1n) is 1.43. The van der Waals surface area contributed by atoms with E-state index in [0.717, 1.165) is 0 Å². The van der Waals surface area contributed by atoms with Gasteiger partial charge in [-0.1, -0.05) is 27.7 Å². The molecule has 0 aromatic rings. The van der Waals surface area contributed by atoms with E-state index in [-0.39, 0.29) is 47.8 Å². The van der Waals surface area contributed by atoms with Crippen LogP contribution in [-0.4, -0.2) is 53.6 Å². The Balaban J connectivity index is 0. The van der Waals surface area contributed by atoms with Gasteiger partial charge in [-0.25, -0.2) is 0 Å². The number of rotatable bonds is 0. The van der Waals surface area contributed by atoms with Crippen LogP contribution in [0.4, 0.5) is 0 Å². The van der Waals surface area contributed by atoms with Gasteiger partial charge in [0, 0.05) is 53.6 Å². The van der Waals surface area contributed by atoms with Crippen LogP contribution in [0.3, 0.4) is 0 Å². The molecular formula is C3H4S2Sn2. The Hall–Kier alpha value is 2.04. The van der Waals surface area contributed by atoms with Crippen molar-refractivity contribution in [3.05, 3.63) is 11.5 Å². The van der Waals surface area contributed by atoms with E-state index in [9.17, 15) is 0 Å². The van der Waals surface area contributed by atoms with Gasteiger partial charge in [-0.15, -0.1) is 0 Å². The van der Waals surface area contributed by atoms with Crippen molar-refractivity contribution >= 4 is 69.4 Å². The summed E-state index contributed by atoms with van der Waals surface area (Å²) in [7, 11) is 3.69. The minimum absolute atomic E-state index is 0. The molecule has 8 radical (unpaired) electrons. The zero-order valence-electron chi connectivity index (χ0n) is 3.68. The zero-order valence-corrected chi connectivity index (χ0v) is 11.0. The molecule has 1 heterocycles. The molecule has 0 spiro atoms. The fraction of sp³-hybridized carbons (Fsp3) is 0.333. The molecule has 0 aromatic carbocycles. The largest absolute Gasteiger partial charge is 0.0854 e. The van der Waals surface area contributed by atoms with Gasteiger partial charge < -0.3 is 0 Å². The molecule has 1 aliphatic heterocycles. The molecule has 0 saturated carbocycles. The Morgan fingerprint density at radius 3 is 2.14 bits per heavy atom. The van der Waals surface area contributed by atoms with Crippen molar-refractivity contribution in [2.24, 2.45) is 0 Å². The van der Waals surface area contributed by atoms with Crippen LogP contribution in [0, 0.1) is 0 Å². The van der Waals surface area contributed by atoms with E-state index >= 15 is 0 Å². The molecule has 1 rings (SSSR count). The smallest absolute Gasteiger partial charge is 0.0229 e. The van der Waals surface area contributed by atoms with Gasteiger partial charge in [0.25, 0.3) is 0 Å². The van der Waals surface area contributed by atoms with Gasteiger partial charge in [0.05, 0.1) is 0 Å². The maximum absolute atomic E-state index is 2.16. The van der Waals surface area contributed by atoms with Crippen molar-refractivity contribution in [3.8, 4) is 0 Å². The van der Waals surface area contributed by atoms with Gasteiger partial charge in [-0.3, -0.25) is 0 Å². The molecule has 0 atom stereocenters. The molecule has 0 aromatic heterocycles. The van der Waals surface area contributed by atoms with E-state index in [2.05, 4.69) is 11.5 Å². The van der Waals surface area contributed by atoms with Crippen LogP contribution >= 0.6 is 21.6 Å². The Kier molecular flexibility index (Phi) is 13.5. The monoisotopic (exact) mass is 344 g/mol. The third-order valence-corrected chi connectivity index (χ3v) is 2.30. The first-order chi connectivity index (χ1) is 2.50. The second-order valence-corrected chi connectivity index (χ2v) is 3.07. The fourth-order valence-corrected chi connectivity index (χ4v) is 1.77. The minimum Gasteiger partial charge on any atom is -0.0854 e. The maximum Gasteiger partial charge on any atom is 0.0229 e. The summed E-state index contributed by atoms with van der Waals surface area (Å²) in [4.78, 5) is 0. The molecule has 4 heteroatoms. The van der Waals surface area contributed by atoms with Gasteiger partial charge >= 0.3 is 0 Å². The molecule has 1 aliphatic rings. The third kappa shape index (κ3) is 5.92. The van der Waals surface area contributed by atoms with Crippen molar-refractivity contribution in [1.29, 1.82) is 0 Å². The summed E-state index contributed by atoms with van der Waals surface area (Å²) in [6.07, 6.45) is 2.16. The second kappa shape index (κ2) is 8.04. The molecule has 0 saturated heterocycles. The van der Waals surface area contributed by atoms with E-state index in [4.69, 9.17) is 0 Å². The number of hydrogen-bond acceptors (Lipinski definition) is 2. The van der Waals surface area contributed by atoms with Crippen LogP contribution < -0.4 is 0 Å². The number of hydrogen-bond donors (Lipinski definition) is 0. The molecule has 7 heavy (non-hydrogen) atoms. The van der Waals surface area contributed by atoms with E-state index in [1.165, 1.54) is 5.75 Å². The SMILES string of the molecule is C1=CSSC1.[Sn].[Sn]. The summed E-state index contributed by atoms with van der Waals surface area (Å²) in [5.74, 6) is 1.20. The van der Waals surface area contributed by atoms with Gasteiger partial charge in [0.15, 0.2) is 0 Å². The predicted molar refractivity (Wildman–Crippen MR) is 40.7 cm³/mol.